The molecule has 0 rings (SSSR count). The maximum Gasteiger partial charge on any atom is 0.341 e. The van der Waals surface area contributed by atoms with Gasteiger partial charge in [0.25, 0.3) is 0 Å². The van der Waals surface area contributed by atoms with E-state index >= 15 is 0 Å². The van der Waals surface area contributed by atoms with E-state index in [-0.39, 0.29) is 0 Å². The molecule has 0 heterocycles. The zero-order valence-corrected chi connectivity index (χ0v) is 16.7. The predicted molar refractivity (Wildman–Crippen MR) is 99.9 cm³/mol. The van der Waals surface area contributed by atoms with Crippen LogP contribution in [0.1, 0.15) is 71.1 Å². The summed E-state index contributed by atoms with van der Waals surface area (Å²) in [4.78, 5) is 0. The summed E-state index contributed by atoms with van der Waals surface area (Å²) in [6, 6.07) is -1.55. The molecule has 0 aliphatic heterocycles. The van der Waals surface area contributed by atoms with E-state index in [1.165, 1.54) is 57.8 Å². The van der Waals surface area contributed by atoms with Gasteiger partial charge < -0.3 is 4.74 Å². The van der Waals surface area contributed by atoms with Crippen LogP contribution in [-0.2, 0) is 4.74 Å². The van der Waals surface area contributed by atoms with Crippen molar-refractivity contribution in [2.75, 3.05) is 13.2 Å². The summed E-state index contributed by atoms with van der Waals surface area (Å²) in [7, 11) is 0. The van der Waals surface area contributed by atoms with E-state index in [4.69, 9.17) is 38.0 Å². The van der Waals surface area contributed by atoms with E-state index in [9.17, 15) is 0 Å². The quantitative estimate of drug-likeness (QED) is 0.128. The van der Waals surface area contributed by atoms with Gasteiger partial charge in [-0.25, -0.2) is 0 Å². The Labute approximate surface area is 146 Å². The third kappa shape index (κ3) is 20.8. The molecule has 0 fully saturated rings. The third-order valence-electron chi connectivity index (χ3n) is 3.35. The van der Waals surface area contributed by atoms with E-state index in [2.05, 4.69) is 6.58 Å². The van der Waals surface area contributed by atoms with Crippen molar-refractivity contribution in [2.24, 2.45) is 0 Å². The first-order chi connectivity index (χ1) is 9.92. The fourth-order valence-corrected chi connectivity index (χ4v) is 4.04. The van der Waals surface area contributed by atoms with E-state index < -0.39 is 6.00 Å². The molecular weight excluding hydrogens is 343 g/mol. The van der Waals surface area contributed by atoms with Crippen LogP contribution in [0.4, 0.5) is 0 Å². The number of ether oxygens (including phenoxy) is 1. The lowest BCUT2D eigenvalue weighted by Gasteiger charge is -2.07. The lowest BCUT2D eigenvalue weighted by atomic mass is 10.1. The normalized spacial score (nSPS) is 11.8. The summed E-state index contributed by atoms with van der Waals surface area (Å²) in [5.41, 5.74) is 1.10. The van der Waals surface area contributed by atoms with Crippen LogP contribution in [0.25, 0.3) is 0 Å². The molecule has 0 aromatic rings. The van der Waals surface area contributed by atoms with Gasteiger partial charge in [-0.15, -0.1) is 33.2 Å². The molecular formula is C16H31Cl3OSi. The Kier molecular flexibility index (Phi) is 14.9. The molecule has 0 aliphatic carbocycles. The van der Waals surface area contributed by atoms with Crippen LogP contribution in [0.5, 0.6) is 0 Å². The highest BCUT2D eigenvalue weighted by Gasteiger charge is 2.23. The number of halogens is 3. The SMILES string of the molecule is C=C(C)COCCCCCCCCCCCC[Si](Cl)(Cl)Cl. The minimum absolute atomic E-state index is 0.709. The van der Waals surface area contributed by atoms with E-state index in [1.54, 1.807) is 0 Å². The van der Waals surface area contributed by atoms with Crippen molar-refractivity contribution >= 4 is 39.2 Å². The predicted octanol–water partition coefficient (Wildman–Crippen LogP) is 7.14. The van der Waals surface area contributed by atoms with Gasteiger partial charge >= 0.3 is 6.00 Å². The maximum atomic E-state index is 5.85. The van der Waals surface area contributed by atoms with Gasteiger partial charge in [0.05, 0.1) is 6.61 Å². The number of unbranched alkanes of at least 4 members (excludes halogenated alkanes) is 9. The second kappa shape index (κ2) is 14.4. The Hall–Kier alpha value is 0.787. The highest BCUT2D eigenvalue weighted by Crippen LogP contribution is 2.27. The molecule has 0 saturated carbocycles. The molecule has 0 unspecified atom stereocenters. The molecule has 0 radical (unpaired) electrons. The second-order valence-corrected chi connectivity index (χ2v) is 15.2. The first kappa shape index (κ1) is 21.8. The lowest BCUT2D eigenvalue weighted by Crippen LogP contribution is -2.07. The van der Waals surface area contributed by atoms with Crippen LogP contribution in [0.15, 0.2) is 12.2 Å². The van der Waals surface area contributed by atoms with Crippen molar-refractivity contribution in [3.63, 3.8) is 0 Å². The van der Waals surface area contributed by atoms with Gasteiger partial charge in [-0.3, -0.25) is 0 Å². The van der Waals surface area contributed by atoms with E-state index in [1.807, 2.05) is 6.92 Å². The van der Waals surface area contributed by atoms with Crippen LogP contribution in [0.2, 0.25) is 6.04 Å². The highest BCUT2D eigenvalue weighted by atomic mass is 35.8. The molecule has 0 aliphatic rings. The zero-order valence-electron chi connectivity index (χ0n) is 13.4. The van der Waals surface area contributed by atoms with Crippen molar-refractivity contribution in [1.29, 1.82) is 0 Å². The van der Waals surface area contributed by atoms with Crippen LogP contribution < -0.4 is 0 Å². The number of hydrogen-bond acceptors (Lipinski definition) is 1. The first-order valence-corrected chi connectivity index (χ1v) is 13.4. The van der Waals surface area contributed by atoms with Gasteiger partial charge in [-0.1, -0.05) is 69.9 Å². The molecule has 1 nitrogen and oxygen atoms in total. The van der Waals surface area contributed by atoms with Gasteiger partial charge in [0.1, 0.15) is 0 Å². The van der Waals surface area contributed by atoms with Gasteiger partial charge in [-0.2, -0.15) is 0 Å². The molecule has 0 N–H and O–H groups in total. The Bertz CT molecular complexity index is 254. The maximum absolute atomic E-state index is 5.85. The minimum Gasteiger partial charge on any atom is -0.377 e. The van der Waals surface area contributed by atoms with Crippen molar-refractivity contribution in [3.8, 4) is 0 Å². The molecule has 0 bridgehead atoms. The Balaban J connectivity index is 3.04. The van der Waals surface area contributed by atoms with Gasteiger partial charge in [0.15, 0.2) is 0 Å². The first-order valence-electron chi connectivity index (χ1n) is 8.20. The molecule has 0 amide bonds. The molecule has 5 heteroatoms. The molecule has 126 valence electrons. The van der Waals surface area contributed by atoms with Crippen LogP contribution >= 0.6 is 33.2 Å². The number of hydrogen-bond donors (Lipinski definition) is 0. The van der Waals surface area contributed by atoms with E-state index in [0.717, 1.165) is 24.6 Å². The highest BCUT2D eigenvalue weighted by molar-refractivity contribution is 7.64. The average molecular weight is 374 g/mol. The van der Waals surface area contributed by atoms with Crippen molar-refractivity contribution in [1.82, 2.24) is 0 Å². The Morgan fingerprint density at radius 1 is 0.810 bits per heavy atom. The van der Waals surface area contributed by atoms with Crippen molar-refractivity contribution < 1.29 is 4.74 Å². The Morgan fingerprint density at radius 2 is 1.24 bits per heavy atom. The lowest BCUT2D eigenvalue weighted by molar-refractivity contribution is 0.151. The smallest absolute Gasteiger partial charge is 0.341 e. The van der Waals surface area contributed by atoms with Crippen molar-refractivity contribution in [3.05, 3.63) is 12.2 Å². The molecule has 0 spiro atoms. The summed E-state index contributed by atoms with van der Waals surface area (Å²) in [6.07, 6.45) is 12.7. The summed E-state index contributed by atoms with van der Waals surface area (Å²) < 4.78 is 5.48. The zero-order chi connectivity index (χ0) is 16.0. The monoisotopic (exact) mass is 372 g/mol. The summed E-state index contributed by atoms with van der Waals surface area (Å²) in [5.74, 6) is 0. The molecule has 0 atom stereocenters. The van der Waals surface area contributed by atoms with Gasteiger partial charge in [-0.05, 0) is 19.4 Å². The van der Waals surface area contributed by atoms with Gasteiger partial charge in [0.2, 0.25) is 0 Å². The fourth-order valence-electron chi connectivity index (χ4n) is 2.19. The molecule has 0 aromatic carbocycles. The Morgan fingerprint density at radius 3 is 1.67 bits per heavy atom. The standard InChI is InChI=1S/C16H31Cl3OSi/c1-16(2)15-20-13-11-9-7-5-3-4-6-8-10-12-14-21(17,18)19/h1,3-15H2,2H3. The molecule has 0 aromatic heterocycles. The van der Waals surface area contributed by atoms with Crippen LogP contribution in [-0.4, -0.2) is 19.2 Å². The van der Waals surface area contributed by atoms with Crippen LogP contribution in [0.3, 0.4) is 0 Å². The second-order valence-electron chi connectivity index (χ2n) is 5.91. The average Bonchev–Trinajstić information content (AvgIpc) is 2.37. The molecule has 21 heavy (non-hydrogen) atoms. The largest absolute Gasteiger partial charge is 0.377 e. The summed E-state index contributed by atoms with van der Waals surface area (Å²) >= 11 is 17.5. The van der Waals surface area contributed by atoms with Crippen LogP contribution in [0, 0.1) is 0 Å². The number of rotatable bonds is 15. The minimum atomic E-state index is -2.36. The van der Waals surface area contributed by atoms with Crippen molar-refractivity contribution in [2.45, 2.75) is 77.2 Å². The fraction of sp³-hybridized carbons (Fsp3) is 0.875. The third-order valence-corrected chi connectivity index (χ3v) is 5.97. The topological polar surface area (TPSA) is 9.23 Å². The molecule has 0 saturated heterocycles. The van der Waals surface area contributed by atoms with E-state index in [0.29, 0.717) is 6.61 Å². The summed E-state index contributed by atoms with van der Waals surface area (Å²) in [5, 5.41) is 0. The van der Waals surface area contributed by atoms with Gasteiger partial charge in [0, 0.05) is 6.61 Å². The summed E-state index contributed by atoms with van der Waals surface area (Å²) in [6.45, 7) is 7.40.